The number of hydrogen-bond acceptors (Lipinski definition) is 3. The standard InChI is InChI=1S/C18H24BrNO3/c19-15-6-4-14(5-7-15)18(8-9-18)17(21)20-10-2-11-22-13-16-3-1-12-23-16/h4-7,16H,1-3,8-13H2,(H,20,21). The molecule has 23 heavy (non-hydrogen) atoms. The Morgan fingerprint density at radius 3 is 2.78 bits per heavy atom. The number of hydrogen-bond donors (Lipinski definition) is 1. The van der Waals surface area contributed by atoms with E-state index in [2.05, 4.69) is 21.2 Å². The van der Waals surface area contributed by atoms with Crippen molar-refractivity contribution in [3.05, 3.63) is 34.3 Å². The molecule has 1 aliphatic heterocycles. The Morgan fingerprint density at radius 1 is 1.35 bits per heavy atom. The Hall–Kier alpha value is -0.910. The van der Waals surface area contributed by atoms with Gasteiger partial charge in [-0.3, -0.25) is 4.79 Å². The predicted octanol–water partition coefficient (Wildman–Crippen LogP) is 3.18. The lowest BCUT2D eigenvalue weighted by Gasteiger charge is -2.16. The van der Waals surface area contributed by atoms with Crippen LogP contribution in [0.1, 0.15) is 37.7 Å². The summed E-state index contributed by atoms with van der Waals surface area (Å²) in [4.78, 5) is 12.5. The minimum Gasteiger partial charge on any atom is -0.379 e. The summed E-state index contributed by atoms with van der Waals surface area (Å²) in [5.74, 6) is 0.152. The molecule has 2 aliphatic rings. The minimum absolute atomic E-state index is 0.152. The first-order valence-corrected chi connectivity index (χ1v) is 9.24. The van der Waals surface area contributed by atoms with Crippen LogP contribution in [0.5, 0.6) is 0 Å². The first-order valence-electron chi connectivity index (χ1n) is 8.44. The Morgan fingerprint density at radius 2 is 2.13 bits per heavy atom. The quantitative estimate of drug-likeness (QED) is 0.703. The molecule has 1 aliphatic carbocycles. The molecule has 1 amide bonds. The lowest BCUT2D eigenvalue weighted by atomic mass is 9.95. The molecule has 0 bridgehead atoms. The highest BCUT2D eigenvalue weighted by atomic mass is 79.9. The SMILES string of the molecule is O=C(NCCCOCC1CCCO1)C1(c2ccc(Br)cc2)CC1. The van der Waals surface area contributed by atoms with Crippen LogP contribution in [-0.2, 0) is 19.7 Å². The Balaban J connectivity index is 1.35. The zero-order valence-electron chi connectivity index (χ0n) is 13.4. The molecule has 1 aromatic rings. The van der Waals surface area contributed by atoms with Gasteiger partial charge in [0.2, 0.25) is 5.91 Å². The third-order valence-electron chi connectivity index (χ3n) is 4.66. The summed E-state index contributed by atoms with van der Waals surface area (Å²) in [5, 5.41) is 3.07. The second-order valence-electron chi connectivity index (χ2n) is 6.41. The summed E-state index contributed by atoms with van der Waals surface area (Å²) in [6.07, 6.45) is 5.24. The summed E-state index contributed by atoms with van der Waals surface area (Å²) in [6, 6.07) is 8.09. The van der Waals surface area contributed by atoms with Crippen molar-refractivity contribution < 1.29 is 14.3 Å². The smallest absolute Gasteiger partial charge is 0.230 e. The number of halogens is 1. The van der Waals surface area contributed by atoms with Gasteiger partial charge in [0, 0.05) is 24.2 Å². The second-order valence-corrected chi connectivity index (χ2v) is 7.32. The third kappa shape index (κ3) is 4.34. The van der Waals surface area contributed by atoms with Gasteiger partial charge in [-0.2, -0.15) is 0 Å². The zero-order valence-corrected chi connectivity index (χ0v) is 14.9. The van der Waals surface area contributed by atoms with Crippen LogP contribution in [0.15, 0.2) is 28.7 Å². The molecule has 1 saturated carbocycles. The van der Waals surface area contributed by atoms with Gasteiger partial charge in [-0.05, 0) is 49.8 Å². The number of rotatable bonds is 8. The van der Waals surface area contributed by atoms with Crippen molar-refractivity contribution in [1.29, 1.82) is 0 Å². The van der Waals surface area contributed by atoms with E-state index in [0.29, 0.717) is 19.8 Å². The molecule has 1 aromatic carbocycles. The maximum atomic E-state index is 12.5. The van der Waals surface area contributed by atoms with Gasteiger partial charge in [0.1, 0.15) is 0 Å². The third-order valence-corrected chi connectivity index (χ3v) is 5.19. The first kappa shape index (κ1) is 16.9. The van der Waals surface area contributed by atoms with Crippen LogP contribution < -0.4 is 5.32 Å². The first-order chi connectivity index (χ1) is 11.2. The average Bonchev–Trinajstić information content (AvgIpc) is 3.21. The number of ether oxygens (including phenoxy) is 2. The van der Waals surface area contributed by atoms with E-state index in [9.17, 15) is 4.79 Å². The molecule has 0 radical (unpaired) electrons. The predicted molar refractivity (Wildman–Crippen MR) is 92.5 cm³/mol. The molecule has 1 saturated heterocycles. The van der Waals surface area contributed by atoms with Gasteiger partial charge in [0.05, 0.1) is 18.1 Å². The van der Waals surface area contributed by atoms with Crippen molar-refractivity contribution in [2.45, 2.75) is 43.6 Å². The van der Waals surface area contributed by atoms with Crippen LogP contribution in [-0.4, -0.2) is 38.4 Å². The molecular weight excluding hydrogens is 358 g/mol. The molecule has 0 spiro atoms. The minimum atomic E-state index is -0.292. The molecule has 5 heteroatoms. The fourth-order valence-corrected chi connectivity index (χ4v) is 3.34. The Labute approximate surface area is 146 Å². The molecule has 3 rings (SSSR count). The Kier molecular flexibility index (Phi) is 5.72. The molecule has 1 heterocycles. The molecule has 0 aromatic heterocycles. The van der Waals surface area contributed by atoms with E-state index in [1.165, 1.54) is 0 Å². The van der Waals surface area contributed by atoms with Gasteiger partial charge < -0.3 is 14.8 Å². The van der Waals surface area contributed by atoms with E-state index in [0.717, 1.165) is 48.7 Å². The van der Waals surface area contributed by atoms with Gasteiger partial charge >= 0.3 is 0 Å². The van der Waals surface area contributed by atoms with Crippen LogP contribution in [0.4, 0.5) is 0 Å². The molecule has 4 nitrogen and oxygen atoms in total. The fraction of sp³-hybridized carbons (Fsp3) is 0.611. The number of carbonyl (C=O) groups excluding carboxylic acids is 1. The van der Waals surface area contributed by atoms with E-state index in [1.54, 1.807) is 0 Å². The van der Waals surface area contributed by atoms with E-state index in [4.69, 9.17) is 9.47 Å². The number of nitrogens with one attached hydrogen (secondary N) is 1. The summed E-state index contributed by atoms with van der Waals surface area (Å²) < 4.78 is 12.2. The largest absolute Gasteiger partial charge is 0.379 e. The lowest BCUT2D eigenvalue weighted by molar-refractivity contribution is -0.123. The van der Waals surface area contributed by atoms with Gasteiger partial charge in [0.15, 0.2) is 0 Å². The van der Waals surface area contributed by atoms with Crippen LogP contribution >= 0.6 is 15.9 Å². The van der Waals surface area contributed by atoms with Gasteiger partial charge in [-0.25, -0.2) is 0 Å². The molecule has 1 N–H and O–H groups in total. The Bertz CT molecular complexity index is 522. The van der Waals surface area contributed by atoms with Crippen LogP contribution in [0.2, 0.25) is 0 Å². The van der Waals surface area contributed by atoms with Crippen LogP contribution in [0, 0.1) is 0 Å². The van der Waals surface area contributed by atoms with Gasteiger partial charge in [-0.15, -0.1) is 0 Å². The normalized spacial score (nSPS) is 22.0. The summed E-state index contributed by atoms with van der Waals surface area (Å²) in [7, 11) is 0. The van der Waals surface area contributed by atoms with Crippen LogP contribution in [0.25, 0.3) is 0 Å². The highest BCUT2D eigenvalue weighted by Crippen LogP contribution is 2.48. The summed E-state index contributed by atoms with van der Waals surface area (Å²) in [6.45, 7) is 2.88. The molecule has 2 fully saturated rings. The highest BCUT2D eigenvalue weighted by molar-refractivity contribution is 9.10. The van der Waals surface area contributed by atoms with E-state index in [-0.39, 0.29) is 17.4 Å². The molecule has 1 unspecified atom stereocenters. The molecular formula is C18H24BrNO3. The number of amides is 1. The monoisotopic (exact) mass is 381 g/mol. The van der Waals surface area contributed by atoms with Crippen molar-refractivity contribution in [3.8, 4) is 0 Å². The van der Waals surface area contributed by atoms with Gasteiger partial charge in [0.25, 0.3) is 0 Å². The summed E-state index contributed by atoms with van der Waals surface area (Å²) in [5.41, 5.74) is 0.826. The van der Waals surface area contributed by atoms with Crippen molar-refractivity contribution >= 4 is 21.8 Å². The average molecular weight is 382 g/mol. The van der Waals surface area contributed by atoms with E-state index in [1.807, 2.05) is 24.3 Å². The van der Waals surface area contributed by atoms with Crippen LogP contribution in [0.3, 0.4) is 0 Å². The van der Waals surface area contributed by atoms with E-state index < -0.39 is 0 Å². The van der Waals surface area contributed by atoms with Crippen molar-refractivity contribution in [2.24, 2.45) is 0 Å². The van der Waals surface area contributed by atoms with Crippen molar-refractivity contribution in [1.82, 2.24) is 5.32 Å². The number of benzene rings is 1. The number of carbonyl (C=O) groups is 1. The highest BCUT2D eigenvalue weighted by Gasteiger charge is 2.50. The lowest BCUT2D eigenvalue weighted by Crippen LogP contribution is -2.35. The maximum Gasteiger partial charge on any atom is 0.230 e. The second kappa shape index (κ2) is 7.77. The zero-order chi connectivity index (χ0) is 16.1. The van der Waals surface area contributed by atoms with Crippen molar-refractivity contribution in [2.75, 3.05) is 26.4 Å². The molecule has 126 valence electrons. The van der Waals surface area contributed by atoms with E-state index >= 15 is 0 Å². The van der Waals surface area contributed by atoms with Gasteiger partial charge in [-0.1, -0.05) is 28.1 Å². The topological polar surface area (TPSA) is 47.6 Å². The fourth-order valence-electron chi connectivity index (χ4n) is 3.08. The molecule has 1 atom stereocenters. The summed E-state index contributed by atoms with van der Waals surface area (Å²) >= 11 is 3.44. The van der Waals surface area contributed by atoms with Crippen molar-refractivity contribution in [3.63, 3.8) is 0 Å². The maximum absolute atomic E-state index is 12.5.